The molecule has 0 bridgehead atoms. The highest BCUT2D eigenvalue weighted by molar-refractivity contribution is 5.92. The molecule has 0 aliphatic rings. The van der Waals surface area contributed by atoms with Gasteiger partial charge in [-0.05, 0) is 18.2 Å². The van der Waals surface area contributed by atoms with Gasteiger partial charge in [-0.3, -0.25) is 9.36 Å². The molecule has 7 heteroatoms. The molecule has 0 fully saturated rings. The van der Waals surface area contributed by atoms with Crippen molar-refractivity contribution in [2.75, 3.05) is 0 Å². The van der Waals surface area contributed by atoms with Crippen molar-refractivity contribution < 1.29 is 14.7 Å². The van der Waals surface area contributed by atoms with Gasteiger partial charge in [-0.2, -0.15) is 0 Å². The van der Waals surface area contributed by atoms with E-state index in [9.17, 15) is 14.4 Å². The molecular weight excluding hydrogens is 238 g/mol. The van der Waals surface area contributed by atoms with E-state index in [2.05, 4.69) is 4.98 Å². The van der Waals surface area contributed by atoms with Crippen LogP contribution in [-0.4, -0.2) is 26.5 Å². The fourth-order valence-corrected chi connectivity index (χ4v) is 1.74. The summed E-state index contributed by atoms with van der Waals surface area (Å²) in [7, 11) is 0. The second-order valence-electron chi connectivity index (χ2n) is 3.84. The Morgan fingerprint density at radius 2 is 2.11 bits per heavy atom. The maximum Gasteiger partial charge on any atom is 0.335 e. The number of benzene rings is 1. The molecule has 0 aliphatic heterocycles. The normalized spacial score (nSPS) is 10.7. The van der Waals surface area contributed by atoms with E-state index in [1.807, 2.05) is 0 Å². The molecule has 1 heterocycles. The van der Waals surface area contributed by atoms with Crippen LogP contribution < -0.4 is 11.4 Å². The first kappa shape index (κ1) is 11.9. The molecule has 0 saturated carbocycles. The molecule has 18 heavy (non-hydrogen) atoms. The number of primary amides is 1. The predicted octanol–water partition coefficient (Wildman–Crippen LogP) is -0.0968. The van der Waals surface area contributed by atoms with Crippen LogP contribution in [-0.2, 0) is 11.3 Å². The summed E-state index contributed by atoms with van der Waals surface area (Å²) in [6.07, 6.45) is 0.0491. The smallest absolute Gasteiger partial charge is 0.335 e. The summed E-state index contributed by atoms with van der Waals surface area (Å²) < 4.78 is 1.35. The third kappa shape index (κ3) is 2.10. The van der Waals surface area contributed by atoms with E-state index in [1.165, 1.54) is 22.8 Å². The Morgan fingerprint density at radius 3 is 2.72 bits per heavy atom. The Balaban J connectivity index is 2.49. The van der Waals surface area contributed by atoms with E-state index in [-0.39, 0.29) is 18.5 Å². The average Bonchev–Trinajstić information content (AvgIpc) is 2.60. The van der Waals surface area contributed by atoms with E-state index in [4.69, 9.17) is 10.8 Å². The largest absolute Gasteiger partial charge is 0.478 e. The van der Waals surface area contributed by atoms with Gasteiger partial charge < -0.3 is 15.8 Å². The number of aryl methyl sites for hydroxylation is 1. The molecule has 0 saturated heterocycles. The summed E-state index contributed by atoms with van der Waals surface area (Å²) in [6.45, 7) is 0.167. The monoisotopic (exact) mass is 249 g/mol. The highest BCUT2D eigenvalue weighted by Crippen LogP contribution is 2.13. The Hall–Kier alpha value is -2.57. The van der Waals surface area contributed by atoms with Crippen molar-refractivity contribution in [3.63, 3.8) is 0 Å². The zero-order valence-electron chi connectivity index (χ0n) is 9.34. The van der Waals surface area contributed by atoms with Gasteiger partial charge in [0.15, 0.2) is 0 Å². The first-order valence-electron chi connectivity index (χ1n) is 5.23. The summed E-state index contributed by atoms with van der Waals surface area (Å²) in [6, 6.07) is 4.30. The van der Waals surface area contributed by atoms with Gasteiger partial charge >= 0.3 is 11.7 Å². The molecule has 94 valence electrons. The van der Waals surface area contributed by atoms with Crippen molar-refractivity contribution in [3.8, 4) is 0 Å². The number of rotatable bonds is 4. The number of aromatic carboxylic acids is 1. The Kier molecular flexibility index (Phi) is 2.88. The number of nitrogens with two attached hydrogens (primary N) is 1. The number of imidazole rings is 1. The van der Waals surface area contributed by atoms with Gasteiger partial charge in [0.25, 0.3) is 0 Å². The molecule has 4 N–H and O–H groups in total. The minimum atomic E-state index is -1.07. The van der Waals surface area contributed by atoms with Gasteiger partial charge in [0, 0.05) is 13.0 Å². The van der Waals surface area contributed by atoms with E-state index < -0.39 is 17.6 Å². The number of hydrogen-bond donors (Lipinski definition) is 3. The highest BCUT2D eigenvalue weighted by atomic mass is 16.4. The van der Waals surface area contributed by atoms with E-state index >= 15 is 0 Å². The minimum absolute atomic E-state index is 0.0491. The molecule has 1 amide bonds. The number of carboxylic acid groups (broad SMARTS) is 1. The SMILES string of the molecule is NC(=O)CCn1c(=O)[nH]c2cc(C(=O)O)ccc21. The van der Waals surface area contributed by atoms with E-state index in [0.29, 0.717) is 11.0 Å². The molecular formula is C11H11N3O4. The fourth-order valence-electron chi connectivity index (χ4n) is 1.74. The summed E-state index contributed by atoms with van der Waals surface area (Å²) in [5, 5.41) is 8.84. The lowest BCUT2D eigenvalue weighted by Crippen LogP contribution is -2.21. The number of nitrogens with one attached hydrogen (secondary N) is 1. The first-order chi connectivity index (χ1) is 8.49. The van der Waals surface area contributed by atoms with Crippen LogP contribution in [0.3, 0.4) is 0 Å². The van der Waals surface area contributed by atoms with Crippen LogP contribution in [0.15, 0.2) is 23.0 Å². The number of aromatic amines is 1. The summed E-state index contributed by atoms with van der Waals surface area (Å²) in [5.41, 5.74) is 5.69. The van der Waals surface area contributed by atoms with Gasteiger partial charge in [-0.1, -0.05) is 0 Å². The Labute approximate surface area is 101 Å². The van der Waals surface area contributed by atoms with Gasteiger partial charge in [-0.25, -0.2) is 9.59 Å². The predicted molar refractivity (Wildman–Crippen MR) is 63.3 cm³/mol. The van der Waals surface area contributed by atoms with Crippen molar-refractivity contribution in [1.29, 1.82) is 0 Å². The standard InChI is InChI=1S/C11H11N3O4/c12-9(15)3-4-14-8-2-1-6(10(16)17)5-7(8)13-11(14)18/h1-2,5H,3-4H2,(H2,12,15)(H,13,18)(H,16,17). The van der Waals surface area contributed by atoms with Gasteiger partial charge in [0.1, 0.15) is 0 Å². The maximum atomic E-state index is 11.6. The molecule has 2 rings (SSSR count). The summed E-state index contributed by atoms with van der Waals surface area (Å²) in [4.78, 5) is 35.7. The molecule has 0 spiro atoms. The third-order valence-electron chi connectivity index (χ3n) is 2.60. The number of aromatic nitrogens is 2. The quantitative estimate of drug-likeness (QED) is 0.701. The lowest BCUT2D eigenvalue weighted by atomic mass is 10.2. The summed E-state index contributed by atoms with van der Waals surface area (Å²) in [5.74, 6) is -1.57. The number of carboxylic acids is 1. The first-order valence-corrected chi connectivity index (χ1v) is 5.23. The fraction of sp³-hybridized carbons (Fsp3) is 0.182. The van der Waals surface area contributed by atoms with Crippen LogP contribution in [0, 0.1) is 0 Å². The molecule has 1 aromatic carbocycles. The zero-order chi connectivity index (χ0) is 13.3. The summed E-state index contributed by atoms with van der Waals surface area (Å²) >= 11 is 0. The average molecular weight is 249 g/mol. The van der Waals surface area contributed by atoms with Gasteiger partial charge in [0.05, 0.1) is 16.6 Å². The van der Waals surface area contributed by atoms with Crippen LogP contribution in [0.4, 0.5) is 0 Å². The van der Waals surface area contributed by atoms with Crippen molar-refractivity contribution in [3.05, 3.63) is 34.2 Å². The molecule has 7 nitrogen and oxygen atoms in total. The number of hydrogen-bond acceptors (Lipinski definition) is 3. The zero-order valence-corrected chi connectivity index (χ0v) is 9.34. The van der Waals surface area contributed by atoms with Crippen LogP contribution in [0.25, 0.3) is 11.0 Å². The minimum Gasteiger partial charge on any atom is -0.478 e. The number of carbonyl (C=O) groups excluding carboxylic acids is 1. The topological polar surface area (TPSA) is 118 Å². The highest BCUT2D eigenvalue weighted by Gasteiger charge is 2.10. The van der Waals surface area contributed by atoms with Crippen molar-refractivity contribution in [1.82, 2.24) is 9.55 Å². The Bertz CT molecular complexity index is 683. The molecule has 0 atom stereocenters. The van der Waals surface area contributed by atoms with Crippen molar-refractivity contribution >= 4 is 22.9 Å². The second-order valence-corrected chi connectivity index (χ2v) is 3.84. The number of carbonyl (C=O) groups is 2. The van der Waals surface area contributed by atoms with Crippen molar-refractivity contribution in [2.24, 2.45) is 5.73 Å². The van der Waals surface area contributed by atoms with Gasteiger partial charge in [-0.15, -0.1) is 0 Å². The van der Waals surface area contributed by atoms with Crippen LogP contribution >= 0.6 is 0 Å². The number of amides is 1. The van der Waals surface area contributed by atoms with E-state index in [0.717, 1.165) is 0 Å². The lowest BCUT2D eigenvalue weighted by Gasteiger charge is -2.01. The lowest BCUT2D eigenvalue weighted by molar-refractivity contribution is -0.118. The molecule has 0 radical (unpaired) electrons. The van der Waals surface area contributed by atoms with Crippen LogP contribution in [0.1, 0.15) is 16.8 Å². The number of fused-ring (bicyclic) bond motifs is 1. The number of H-pyrrole nitrogens is 1. The Morgan fingerprint density at radius 1 is 1.39 bits per heavy atom. The van der Waals surface area contributed by atoms with Crippen LogP contribution in [0.5, 0.6) is 0 Å². The molecule has 0 aliphatic carbocycles. The van der Waals surface area contributed by atoms with Crippen LogP contribution in [0.2, 0.25) is 0 Å². The maximum absolute atomic E-state index is 11.6. The molecule has 1 aromatic heterocycles. The number of nitrogens with zero attached hydrogens (tertiary/aromatic N) is 1. The van der Waals surface area contributed by atoms with Gasteiger partial charge in [0.2, 0.25) is 5.91 Å². The third-order valence-corrected chi connectivity index (χ3v) is 2.60. The second kappa shape index (κ2) is 4.36. The molecule has 2 aromatic rings. The van der Waals surface area contributed by atoms with E-state index in [1.54, 1.807) is 0 Å². The van der Waals surface area contributed by atoms with Crippen molar-refractivity contribution in [2.45, 2.75) is 13.0 Å². The molecule has 0 unspecified atom stereocenters.